The van der Waals surface area contributed by atoms with Crippen molar-refractivity contribution in [2.75, 3.05) is 5.32 Å². The molecule has 1 aromatic rings. The molecule has 1 fully saturated rings. The maximum absolute atomic E-state index is 12.6. The van der Waals surface area contributed by atoms with Crippen molar-refractivity contribution in [1.82, 2.24) is 0 Å². The van der Waals surface area contributed by atoms with E-state index in [0.29, 0.717) is 12.8 Å². The van der Waals surface area contributed by atoms with Crippen LogP contribution in [0.4, 0.5) is 18.9 Å². The molecule has 0 bridgehead atoms. The highest BCUT2D eigenvalue weighted by Gasteiger charge is 2.46. The molecule has 0 aliphatic heterocycles. The monoisotopic (exact) mass is 358 g/mol. The number of alkyl halides is 3. The molecule has 0 radical (unpaired) electrons. The molecule has 2 rings (SSSR count). The SMILES string of the molecule is Cl.NC1(C(=O)Nc2cc(Br)cc(C(F)(F)F)c2)CC1. The Morgan fingerprint density at radius 2 is 1.89 bits per heavy atom. The molecule has 8 heteroatoms. The van der Waals surface area contributed by atoms with Crippen molar-refractivity contribution in [2.45, 2.75) is 24.6 Å². The fourth-order valence-electron chi connectivity index (χ4n) is 1.44. The number of amides is 1. The highest BCUT2D eigenvalue weighted by molar-refractivity contribution is 9.10. The minimum absolute atomic E-state index is 0. The predicted molar refractivity (Wildman–Crippen MR) is 71.2 cm³/mol. The number of carbonyl (C=O) groups excluding carboxylic acids is 1. The Bertz CT molecular complexity index is 503. The van der Waals surface area contributed by atoms with Gasteiger partial charge in [0.05, 0.1) is 11.1 Å². The third kappa shape index (κ3) is 3.84. The number of nitrogens with two attached hydrogens (primary N) is 1. The quantitative estimate of drug-likeness (QED) is 0.851. The molecule has 0 atom stereocenters. The third-order valence-corrected chi connectivity index (χ3v) is 3.18. The summed E-state index contributed by atoms with van der Waals surface area (Å²) in [6.45, 7) is 0. The summed E-state index contributed by atoms with van der Waals surface area (Å²) in [5.74, 6) is -0.450. The standard InChI is InChI=1S/C11H10BrF3N2O.ClH/c12-7-3-6(11(13,14)15)4-8(5-7)17-9(18)10(16)1-2-10;/h3-5H,1-2,16H2,(H,17,18);1H. The van der Waals surface area contributed by atoms with E-state index in [0.717, 1.165) is 12.1 Å². The van der Waals surface area contributed by atoms with Gasteiger partial charge in [-0.3, -0.25) is 4.79 Å². The number of hydrogen-bond donors (Lipinski definition) is 2. The number of nitrogens with one attached hydrogen (secondary N) is 1. The van der Waals surface area contributed by atoms with Crippen LogP contribution in [0.25, 0.3) is 0 Å². The fraction of sp³-hybridized carbons (Fsp3) is 0.364. The summed E-state index contributed by atoms with van der Waals surface area (Å²) < 4.78 is 38.0. The van der Waals surface area contributed by atoms with Crippen LogP contribution in [0.5, 0.6) is 0 Å². The smallest absolute Gasteiger partial charge is 0.324 e. The zero-order chi connectivity index (χ0) is 13.6. The normalized spacial score (nSPS) is 16.5. The number of halogens is 5. The molecule has 1 amide bonds. The van der Waals surface area contributed by atoms with E-state index in [2.05, 4.69) is 21.2 Å². The van der Waals surface area contributed by atoms with Crippen LogP contribution in [0.2, 0.25) is 0 Å². The van der Waals surface area contributed by atoms with Gasteiger partial charge in [0.2, 0.25) is 5.91 Å². The predicted octanol–water partition coefficient (Wildman–Crippen LogP) is 3.32. The molecule has 106 valence electrons. The van der Waals surface area contributed by atoms with Crippen LogP contribution in [0, 0.1) is 0 Å². The summed E-state index contributed by atoms with van der Waals surface area (Å²) in [7, 11) is 0. The second-order valence-corrected chi connectivity index (χ2v) is 5.25. The van der Waals surface area contributed by atoms with Crippen molar-refractivity contribution in [3.8, 4) is 0 Å². The zero-order valence-corrected chi connectivity index (χ0v) is 12.0. The van der Waals surface area contributed by atoms with Gasteiger partial charge in [-0.05, 0) is 31.0 Å². The first-order valence-corrected chi connectivity index (χ1v) is 5.98. The summed E-state index contributed by atoms with van der Waals surface area (Å²) in [6.07, 6.45) is -3.35. The van der Waals surface area contributed by atoms with Crippen molar-refractivity contribution in [3.63, 3.8) is 0 Å². The Hall–Kier alpha value is -0.790. The first kappa shape index (κ1) is 16.3. The van der Waals surface area contributed by atoms with Gasteiger partial charge >= 0.3 is 6.18 Å². The van der Waals surface area contributed by atoms with Crippen LogP contribution in [0.3, 0.4) is 0 Å². The lowest BCUT2D eigenvalue weighted by Crippen LogP contribution is -2.37. The van der Waals surface area contributed by atoms with Gasteiger partial charge in [-0.1, -0.05) is 15.9 Å². The van der Waals surface area contributed by atoms with E-state index in [1.807, 2.05) is 0 Å². The van der Waals surface area contributed by atoms with E-state index in [1.54, 1.807) is 0 Å². The Kier molecular flexibility index (Phi) is 4.54. The number of benzene rings is 1. The van der Waals surface area contributed by atoms with Gasteiger partial charge in [0.15, 0.2) is 0 Å². The number of carbonyl (C=O) groups is 1. The lowest BCUT2D eigenvalue weighted by molar-refractivity contribution is -0.137. The van der Waals surface area contributed by atoms with E-state index in [1.165, 1.54) is 6.07 Å². The topological polar surface area (TPSA) is 55.1 Å². The van der Waals surface area contributed by atoms with Crippen molar-refractivity contribution in [1.29, 1.82) is 0 Å². The molecule has 19 heavy (non-hydrogen) atoms. The van der Waals surface area contributed by atoms with Crippen LogP contribution in [-0.4, -0.2) is 11.4 Å². The van der Waals surface area contributed by atoms with Gasteiger partial charge in [0, 0.05) is 10.2 Å². The number of rotatable bonds is 2. The van der Waals surface area contributed by atoms with Gasteiger partial charge in [0.1, 0.15) is 0 Å². The lowest BCUT2D eigenvalue weighted by atomic mass is 10.2. The van der Waals surface area contributed by atoms with E-state index >= 15 is 0 Å². The highest BCUT2D eigenvalue weighted by Crippen LogP contribution is 2.36. The molecule has 3 N–H and O–H groups in total. The number of anilines is 1. The first-order valence-electron chi connectivity index (χ1n) is 5.19. The molecule has 1 aliphatic rings. The molecule has 3 nitrogen and oxygen atoms in total. The van der Waals surface area contributed by atoms with Crippen LogP contribution in [0.15, 0.2) is 22.7 Å². The average Bonchev–Trinajstić information content (AvgIpc) is 2.95. The first-order chi connectivity index (χ1) is 8.21. The van der Waals surface area contributed by atoms with Crippen LogP contribution in [0.1, 0.15) is 18.4 Å². The van der Waals surface area contributed by atoms with Crippen LogP contribution < -0.4 is 11.1 Å². The van der Waals surface area contributed by atoms with Crippen molar-refractivity contribution in [3.05, 3.63) is 28.2 Å². The Balaban J connectivity index is 0.00000180. The third-order valence-electron chi connectivity index (χ3n) is 2.72. The zero-order valence-electron chi connectivity index (χ0n) is 9.55. The second kappa shape index (κ2) is 5.30. The van der Waals surface area contributed by atoms with E-state index in [9.17, 15) is 18.0 Å². The van der Waals surface area contributed by atoms with E-state index in [-0.39, 0.29) is 22.6 Å². The molecule has 0 saturated heterocycles. The van der Waals surface area contributed by atoms with Crippen molar-refractivity contribution < 1.29 is 18.0 Å². The molecule has 0 heterocycles. The van der Waals surface area contributed by atoms with Crippen molar-refractivity contribution in [2.24, 2.45) is 5.73 Å². The summed E-state index contributed by atoms with van der Waals surface area (Å²) in [5.41, 5.74) is 3.99. The summed E-state index contributed by atoms with van der Waals surface area (Å²) in [4.78, 5) is 11.6. The van der Waals surface area contributed by atoms with Crippen molar-refractivity contribution >= 4 is 39.9 Å². The minimum atomic E-state index is -4.46. The van der Waals surface area contributed by atoms with Crippen LogP contribution >= 0.6 is 28.3 Å². The van der Waals surface area contributed by atoms with Crippen LogP contribution in [-0.2, 0) is 11.0 Å². The lowest BCUT2D eigenvalue weighted by Gasteiger charge is -2.13. The Morgan fingerprint density at radius 1 is 1.32 bits per heavy atom. The molecule has 0 unspecified atom stereocenters. The highest BCUT2D eigenvalue weighted by atomic mass is 79.9. The van der Waals surface area contributed by atoms with Gasteiger partial charge in [-0.15, -0.1) is 12.4 Å². The Labute approximate surface area is 122 Å². The largest absolute Gasteiger partial charge is 0.416 e. The van der Waals surface area contributed by atoms with Gasteiger partial charge in [0.25, 0.3) is 0 Å². The molecule has 0 spiro atoms. The maximum Gasteiger partial charge on any atom is 0.416 e. The molecule has 1 aliphatic carbocycles. The van der Waals surface area contributed by atoms with Gasteiger partial charge in [-0.2, -0.15) is 13.2 Å². The number of hydrogen-bond acceptors (Lipinski definition) is 2. The molecular formula is C11H11BrClF3N2O. The van der Waals surface area contributed by atoms with Gasteiger partial charge in [-0.25, -0.2) is 0 Å². The van der Waals surface area contributed by atoms with Gasteiger partial charge < -0.3 is 11.1 Å². The second-order valence-electron chi connectivity index (χ2n) is 4.34. The average molecular weight is 360 g/mol. The molecule has 1 saturated carbocycles. The fourth-order valence-corrected chi connectivity index (χ4v) is 1.94. The van der Waals surface area contributed by atoms with E-state index < -0.39 is 23.2 Å². The Morgan fingerprint density at radius 3 is 2.37 bits per heavy atom. The van der Waals surface area contributed by atoms with E-state index in [4.69, 9.17) is 5.73 Å². The minimum Gasteiger partial charge on any atom is -0.324 e. The summed E-state index contributed by atoms with van der Waals surface area (Å²) in [5, 5.41) is 2.40. The summed E-state index contributed by atoms with van der Waals surface area (Å²) in [6, 6.07) is 3.23. The summed E-state index contributed by atoms with van der Waals surface area (Å²) >= 11 is 2.98. The molecule has 0 aromatic heterocycles. The maximum atomic E-state index is 12.6. The molecular weight excluding hydrogens is 348 g/mol. The molecule has 1 aromatic carbocycles.